The maximum Gasteiger partial charge on any atom is 0.425 e. The molecular formula is C27H35F4N3O3. The van der Waals surface area contributed by atoms with Crippen LogP contribution in [0.1, 0.15) is 68.4 Å². The lowest BCUT2D eigenvalue weighted by atomic mass is 9.76. The first-order chi connectivity index (χ1) is 17.5. The Bertz CT molecular complexity index is 1060. The molecule has 0 spiro atoms. The Morgan fingerprint density at radius 1 is 1.24 bits per heavy atom. The maximum absolute atomic E-state index is 15.6. The van der Waals surface area contributed by atoms with E-state index >= 15 is 4.39 Å². The smallest absolute Gasteiger partial charge is 0.425 e. The predicted octanol–water partition coefficient (Wildman–Crippen LogP) is 5.60. The van der Waals surface area contributed by atoms with Gasteiger partial charge < -0.3 is 14.1 Å². The first-order valence-electron chi connectivity index (χ1n) is 13.1. The van der Waals surface area contributed by atoms with Gasteiger partial charge in [0.05, 0.1) is 12.6 Å². The molecule has 0 saturated heterocycles. The molecule has 0 bridgehead atoms. The summed E-state index contributed by atoms with van der Waals surface area (Å²) < 4.78 is 64.4. The molecule has 3 heterocycles. The van der Waals surface area contributed by atoms with Gasteiger partial charge in [0.1, 0.15) is 17.2 Å². The second-order valence-electron chi connectivity index (χ2n) is 10.5. The molecule has 2 aromatic rings. The molecule has 1 saturated carbocycles. The lowest BCUT2D eigenvalue weighted by Gasteiger charge is -2.35. The summed E-state index contributed by atoms with van der Waals surface area (Å²) in [5, 5.41) is 0. The minimum atomic E-state index is -4.45. The monoisotopic (exact) mass is 525 g/mol. The summed E-state index contributed by atoms with van der Waals surface area (Å²) in [7, 11) is 0. The van der Waals surface area contributed by atoms with Crippen molar-refractivity contribution in [1.29, 1.82) is 0 Å². The molecule has 4 rings (SSSR count). The summed E-state index contributed by atoms with van der Waals surface area (Å²) in [5.74, 6) is 1.40. The number of carbonyl (C=O) groups excluding carboxylic acids is 1. The average molecular weight is 526 g/mol. The Hall–Kier alpha value is -2.49. The van der Waals surface area contributed by atoms with E-state index in [1.807, 2.05) is 0 Å². The van der Waals surface area contributed by atoms with Crippen LogP contribution in [0.4, 0.5) is 17.6 Å². The van der Waals surface area contributed by atoms with Gasteiger partial charge >= 0.3 is 6.18 Å². The van der Waals surface area contributed by atoms with Crippen molar-refractivity contribution in [2.45, 2.75) is 89.6 Å². The van der Waals surface area contributed by atoms with E-state index < -0.39 is 17.9 Å². The van der Waals surface area contributed by atoms with Gasteiger partial charge in [-0.15, -0.1) is 0 Å². The van der Waals surface area contributed by atoms with Crippen molar-refractivity contribution < 1.29 is 31.5 Å². The van der Waals surface area contributed by atoms with Crippen molar-refractivity contribution in [3.63, 3.8) is 0 Å². The molecule has 2 aliphatic rings. The number of aryl methyl sites for hydroxylation is 1. The highest BCUT2D eigenvalue weighted by atomic mass is 19.4. The Kier molecular flexibility index (Phi) is 8.56. The van der Waals surface area contributed by atoms with Gasteiger partial charge in [-0.25, -0.2) is 14.4 Å². The van der Waals surface area contributed by atoms with Crippen LogP contribution in [0.2, 0.25) is 0 Å². The predicted molar refractivity (Wildman–Crippen MR) is 129 cm³/mol. The van der Waals surface area contributed by atoms with Crippen LogP contribution < -0.4 is 4.74 Å². The summed E-state index contributed by atoms with van der Waals surface area (Å²) in [6.45, 7) is 4.75. The highest BCUT2D eigenvalue weighted by molar-refractivity contribution is 5.80. The van der Waals surface area contributed by atoms with Crippen molar-refractivity contribution in [2.24, 2.45) is 5.92 Å². The number of Topliss-reactive ketones (excluding diaryl/α,β-unsaturated/α-hetero) is 1. The van der Waals surface area contributed by atoms with Gasteiger partial charge in [0, 0.05) is 51.2 Å². The minimum absolute atomic E-state index is 0.0223. The van der Waals surface area contributed by atoms with E-state index in [-0.39, 0.29) is 24.0 Å². The van der Waals surface area contributed by atoms with E-state index in [4.69, 9.17) is 9.15 Å². The molecule has 0 radical (unpaired) electrons. The molecule has 0 aromatic carbocycles. The molecule has 10 heteroatoms. The van der Waals surface area contributed by atoms with Gasteiger partial charge in [0.25, 0.3) is 0 Å². The highest BCUT2D eigenvalue weighted by Crippen LogP contribution is 2.39. The molecule has 1 atom stereocenters. The lowest BCUT2D eigenvalue weighted by molar-refractivity contribution is -0.190. The van der Waals surface area contributed by atoms with Crippen LogP contribution in [0.3, 0.4) is 0 Å². The molecule has 0 amide bonds. The molecule has 37 heavy (non-hydrogen) atoms. The largest absolute Gasteiger partial charge is 0.465 e. The van der Waals surface area contributed by atoms with Crippen LogP contribution in [0, 0.1) is 12.8 Å². The number of oxazole rings is 1. The number of ether oxygens (including phenoxy) is 1. The first-order valence-corrected chi connectivity index (χ1v) is 13.1. The number of nitrogens with zero attached hydrogens (tertiary/aromatic N) is 3. The molecule has 1 aliphatic heterocycles. The number of fused-ring (bicyclic) bond motifs is 1. The molecule has 204 valence electrons. The summed E-state index contributed by atoms with van der Waals surface area (Å²) in [6, 6.07) is 3.27. The summed E-state index contributed by atoms with van der Waals surface area (Å²) in [4.78, 5) is 22.9. The molecule has 0 unspecified atom stereocenters. The Morgan fingerprint density at radius 2 is 1.97 bits per heavy atom. The van der Waals surface area contributed by atoms with Gasteiger partial charge in [-0.3, -0.25) is 4.79 Å². The van der Waals surface area contributed by atoms with Gasteiger partial charge in [-0.2, -0.15) is 13.2 Å². The number of pyridine rings is 1. The number of rotatable bonds is 9. The molecule has 1 aliphatic carbocycles. The van der Waals surface area contributed by atoms with Crippen LogP contribution in [0.25, 0.3) is 0 Å². The van der Waals surface area contributed by atoms with E-state index in [1.54, 1.807) is 19.2 Å². The summed E-state index contributed by atoms with van der Waals surface area (Å²) in [6.07, 6.45) is -0.0535. The maximum atomic E-state index is 15.6. The van der Waals surface area contributed by atoms with Crippen molar-refractivity contribution in [3.8, 4) is 5.88 Å². The fourth-order valence-corrected chi connectivity index (χ4v) is 5.23. The van der Waals surface area contributed by atoms with Gasteiger partial charge in [0.15, 0.2) is 12.0 Å². The Labute approximate surface area is 214 Å². The lowest BCUT2D eigenvalue weighted by Crippen LogP contribution is -2.36. The number of hydrogen-bond acceptors (Lipinski definition) is 6. The zero-order valence-electron chi connectivity index (χ0n) is 21.5. The third-order valence-corrected chi connectivity index (χ3v) is 7.60. The normalized spacial score (nSPS) is 23.8. The average Bonchev–Trinajstić information content (AvgIpc) is 3.13. The zero-order valence-corrected chi connectivity index (χ0v) is 21.5. The number of alkyl halides is 4. The third-order valence-electron chi connectivity index (χ3n) is 7.60. The van der Waals surface area contributed by atoms with Crippen LogP contribution in [0.5, 0.6) is 5.88 Å². The molecule has 2 aromatic heterocycles. The number of halogens is 4. The van der Waals surface area contributed by atoms with Gasteiger partial charge in [0.2, 0.25) is 5.88 Å². The van der Waals surface area contributed by atoms with Crippen LogP contribution in [-0.4, -0.2) is 58.2 Å². The Morgan fingerprint density at radius 3 is 2.65 bits per heavy atom. The first kappa shape index (κ1) is 27.5. The van der Waals surface area contributed by atoms with Crippen molar-refractivity contribution >= 4 is 5.78 Å². The number of aromatic nitrogens is 2. The zero-order chi connectivity index (χ0) is 26.6. The molecule has 0 N–H and O–H groups in total. The van der Waals surface area contributed by atoms with E-state index in [9.17, 15) is 18.0 Å². The van der Waals surface area contributed by atoms with Crippen molar-refractivity contribution in [2.75, 3.05) is 19.6 Å². The minimum Gasteiger partial charge on any atom is -0.465 e. The topological polar surface area (TPSA) is 68.5 Å². The van der Waals surface area contributed by atoms with Crippen LogP contribution in [0.15, 0.2) is 22.7 Å². The second-order valence-corrected chi connectivity index (χ2v) is 10.5. The molecule has 6 nitrogen and oxygen atoms in total. The van der Waals surface area contributed by atoms with Gasteiger partial charge in [-0.1, -0.05) is 6.07 Å². The van der Waals surface area contributed by atoms with E-state index in [0.717, 1.165) is 24.7 Å². The number of carbonyl (C=O) groups is 1. The fourth-order valence-electron chi connectivity index (χ4n) is 5.23. The third kappa shape index (κ3) is 7.75. The quantitative estimate of drug-likeness (QED) is 0.397. The van der Waals surface area contributed by atoms with Crippen LogP contribution >= 0.6 is 0 Å². The molecule has 1 fully saturated rings. The standard InChI is InChI=1S/C27H35F4N3O3/c1-18(27(29,30)31)36-25-4-3-21-7-12-34(13-8-24(21)33-25)14-11-26(28)9-5-20(6-10-26)15-22(35)16-23-17-32-19(2)37-23/h3-4,17-18,20H,5-16H2,1-2H3/t18-,20?,26?/m1/s1. The summed E-state index contributed by atoms with van der Waals surface area (Å²) >= 11 is 0. The van der Waals surface area contributed by atoms with E-state index in [1.165, 1.54) is 6.07 Å². The van der Waals surface area contributed by atoms with Crippen molar-refractivity contribution in [3.05, 3.63) is 41.2 Å². The highest BCUT2D eigenvalue weighted by Gasteiger charge is 2.39. The van der Waals surface area contributed by atoms with Gasteiger partial charge in [-0.05, 0) is 56.9 Å². The van der Waals surface area contributed by atoms with Crippen molar-refractivity contribution in [1.82, 2.24) is 14.9 Å². The van der Waals surface area contributed by atoms with E-state index in [0.29, 0.717) is 76.1 Å². The Balaban J connectivity index is 1.21. The summed E-state index contributed by atoms with van der Waals surface area (Å²) in [5.41, 5.74) is 0.512. The van der Waals surface area contributed by atoms with Crippen LogP contribution in [-0.2, 0) is 24.1 Å². The second kappa shape index (κ2) is 11.5. The molecular weight excluding hydrogens is 490 g/mol. The van der Waals surface area contributed by atoms with E-state index in [2.05, 4.69) is 14.9 Å². The number of hydrogen-bond donors (Lipinski definition) is 0. The SMILES string of the molecule is Cc1ncc(CC(=O)CC2CCC(F)(CCN3CCc4ccc(O[C@H](C)C(F)(F)F)nc4CC3)CC2)o1. The number of ketones is 1. The fraction of sp³-hybridized carbons (Fsp3) is 0.667.